The minimum atomic E-state index is -0.438. The molecule has 2 aliphatic rings. The third-order valence-corrected chi connectivity index (χ3v) is 13.4. The van der Waals surface area contributed by atoms with E-state index in [4.69, 9.17) is 9.47 Å². The van der Waals surface area contributed by atoms with Crippen molar-refractivity contribution < 1.29 is 28.7 Å². The van der Waals surface area contributed by atoms with Crippen molar-refractivity contribution in [2.45, 2.75) is 86.0 Å². The van der Waals surface area contributed by atoms with Crippen LogP contribution < -0.4 is 19.3 Å². The minimum absolute atomic E-state index is 0.0330. The van der Waals surface area contributed by atoms with Crippen LogP contribution in [0, 0.1) is 6.92 Å². The monoisotopic (exact) mass is 846 g/mol. The molecule has 8 aromatic carbocycles. The fourth-order valence-corrected chi connectivity index (χ4v) is 10.3. The maximum Gasteiger partial charge on any atom is 0.266 e. The van der Waals surface area contributed by atoms with E-state index in [0.29, 0.717) is 72.4 Å². The number of nitrogens with zero attached hydrogens (tertiary/aromatic N) is 2. The molecule has 0 saturated carbocycles. The molecule has 0 atom stereocenters. The summed E-state index contributed by atoms with van der Waals surface area (Å²) >= 11 is 0. The van der Waals surface area contributed by atoms with E-state index in [2.05, 4.69) is 55.4 Å². The second-order valence-electron chi connectivity index (χ2n) is 18.6. The van der Waals surface area contributed by atoms with E-state index in [1.54, 1.807) is 13.2 Å². The number of benzene rings is 8. The van der Waals surface area contributed by atoms with Crippen molar-refractivity contribution in [3.8, 4) is 17.2 Å². The zero-order chi connectivity index (χ0) is 45.2. The number of fused-ring (bicyclic) bond motifs is 2. The van der Waals surface area contributed by atoms with Gasteiger partial charge in [-0.3, -0.25) is 19.2 Å². The fraction of sp³-hybridized carbons (Fsp3) is 0.250. The van der Waals surface area contributed by atoms with Gasteiger partial charge in [0.15, 0.2) is 11.5 Å². The standard InChI is InChI=1S/C56H50N2O6/c1-27(2)32-13-11-14-33(28(3)4)51(32)57-53(59)39-21-18-36-37-19-22-41-48-42(56(62)58(55(41)61)52-34(29(5)6)15-12-16-35(52)30(7)8)26-45(64-43-24-17-31(9)25-44(43)63-10)49(50(37)48)38-20-23-40(54(57)60)47(39)46(36)38/h11-30H,1-10H3. The smallest absolute Gasteiger partial charge is 0.266 e. The van der Waals surface area contributed by atoms with Crippen molar-refractivity contribution in [3.05, 3.63) is 147 Å². The summed E-state index contributed by atoms with van der Waals surface area (Å²) < 4.78 is 12.8. The Kier molecular flexibility index (Phi) is 9.45. The number of aryl methyl sites for hydroxylation is 1. The highest BCUT2D eigenvalue weighted by atomic mass is 16.5. The third kappa shape index (κ3) is 5.74. The van der Waals surface area contributed by atoms with Gasteiger partial charge in [0.25, 0.3) is 23.6 Å². The number of ether oxygens (including phenoxy) is 2. The van der Waals surface area contributed by atoms with Crippen molar-refractivity contribution in [1.29, 1.82) is 0 Å². The Labute approximate surface area is 372 Å². The summed E-state index contributed by atoms with van der Waals surface area (Å²) in [4.78, 5) is 63.2. The highest BCUT2D eigenvalue weighted by molar-refractivity contribution is 6.46. The predicted molar refractivity (Wildman–Crippen MR) is 257 cm³/mol. The summed E-state index contributed by atoms with van der Waals surface area (Å²) in [6.07, 6.45) is 0. The first-order valence-electron chi connectivity index (χ1n) is 22.2. The van der Waals surface area contributed by atoms with Gasteiger partial charge < -0.3 is 9.47 Å². The first-order valence-corrected chi connectivity index (χ1v) is 22.2. The highest BCUT2D eigenvalue weighted by Crippen LogP contribution is 2.52. The number of imide groups is 2. The summed E-state index contributed by atoms with van der Waals surface area (Å²) in [6, 6.07) is 30.7. The van der Waals surface area contributed by atoms with E-state index in [1.165, 1.54) is 9.80 Å². The van der Waals surface area contributed by atoms with Gasteiger partial charge in [-0.2, -0.15) is 0 Å². The van der Waals surface area contributed by atoms with Gasteiger partial charge in [0.1, 0.15) is 5.75 Å². The summed E-state index contributed by atoms with van der Waals surface area (Å²) in [7, 11) is 1.59. The Bertz CT molecular complexity index is 3280. The van der Waals surface area contributed by atoms with E-state index in [1.807, 2.05) is 97.9 Å². The molecule has 64 heavy (non-hydrogen) atoms. The van der Waals surface area contributed by atoms with Gasteiger partial charge in [0, 0.05) is 38.2 Å². The predicted octanol–water partition coefficient (Wildman–Crippen LogP) is 13.9. The van der Waals surface area contributed by atoms with Gasteiger partial charge in [-0.1, -0.05) is 116 Å². The molecule has 10 rings (SSSR count). The average molecular weight is 847 g/mol. The Hall–Kier alpha value is -7.06. The lowest BCUT2D eigenvalue weighted by Crippen LogP contribution is -2.42. The SMILES string of the molecule is COc1cc(C)ccc1Oc1cc2c3c(ccc4c5ccc6c7c(ccc(c1c34)c75)C(=O)N(c1c(C(C)C)cccc1C(C)C)C6=O)C(=O)N(c1c(C(C)C)cccc1C(C)C)C2=O. The number of hydrogen-bond donors (Lipinski definition) is 0. The molecule has 0 radical (unpaired) electrons. The lowest BCUT2D eigenvalue weighted by molar-refractivity contribution is 0.0877. The minimum Gasteiger partial charge on any atom is -0.493 e. The molecule has 0 unspecified atom stereocenters. The number of methoxy groups -OCH3 is 1. The highest BCUT2D eigenvalue weighted by Gasteiger charge is 2.41. The van der Waals surface area contributed by atoms with Crippen molar-refractivity contribution in [1.82, 2.24) is 0 Å². The van der Waals surface area contributed by atoms with Crippen LogP contribution in [0.5, 0.6) is 17.2 Å². The molecule has 320 valence electrons. The first-order chi connectivity index (χ1) is 30.6. The molecule has 0 fully saturated rings. The molecule has 2 aliphatic heterocycles. The third-order valence-electron chi connectivity index (χ3n) is 13.4. The van der Waals surface area contributed by atoms with E-state index in [9.17, 15) is 0 Å². The van der Waals surface area contributed by atoms with E-state index in [-0.39, 0.29) is 35.5 Å². The maximum absolute atomic E-state index is 15.3. The van der Waals surface area contributed by atoms with Crippen molar-refractivity contribution in [2.75, 3.05) is 16.9 Å². The maximum atomic E-state index is 15.3. The quantitative estimate of drug-likeness (QED) is 0.0816. The molecule has 8 aromatic rings. The lowest BCUT2D eigenvalue weighted by atomic mass is 9.81. The average Bonchev–Trinajstić information content (AvgIpc) is 3.27. The Morgan fingerprint density at radius 2 is 0.828 bits per heavy atom. The topological polar surface area (TPSA) is 93.2 Å². The number of carbonyl (C=O) groups excluding carboxylic acids is 4. The van der Waals surface area contributed by atoms with Crippen molar-refractivity contribution in [2.24, 2.45) is 0 Å². The van der Waals surface area contributed by atoms with Crippen LogP contribution in [-0.4, -0.2) is 30.7 Å². The first kappa shape index (κ1) is 41.0. The number of amides is 4. The number of rotatable bonds is 9. The molecule has 2 heterocycles. The Morgan fingerprint density at radius 3 is 1.28 bits per heavy atom. The molecule has 0 spiro atoms. The largest absolute Gasteiger partial charge is 0.493 e. The zero-order valence-electron chi connectivity index (χ0n) is 37.9. The van der Waals surface area contributed by atoms with Crippen molar-refractivity contribution in [3.63, 3.8) is 0 Å². The number of anilines is 2. The number of para-hydroxylation sites is 2. The van der Waals surface area contributed by atoms with Crippen LogP contribution in [0.3, 0.4) is 0 Å². The molecule has 4 amide bonds. The Balaban J connectivity index is 1.29. The van der Waals surface area contributed by atoms with Crippen LogP contribution in [0.25, 0.3) is 43.1 Å². The molecule has 0 bridgehead atoms. The zero-order valence-corrected chi connectivity index (χ0v) is 37.9. The molecular weight excluding hydrogens is 797 g/mol. The number of carbonyl (C=O) groups is 4. The number of hydrogen-bond acceptors (Lipinski definition) is 6. The molecule has 0 saturated heterocycles. The van der Waals surface area contributed by atoms with Gasteiger partial charge in [0.05, 0.1) is 24.0 Å². The van der Waals surface area contributed by atoms with Gasteiger partial charge >= 0.3 is 0 Å². The molecule has 8 nitrogen and oxygen atoms in total. The van der Waals surface area contributed by atoms with Crippen molar-refractivity contribution >= 4 is 78.1 Å². The van der Waals surface area contributed by atoms with Crippen LogP contribution >= 0.6 is 0 Å². The molecular formula is C56H50N2O6. The molecule has 0 aliphatic carbocycles. The van der Waals surface area contributed by atoms with E-state index >= 15 is 19.2 Å². The van der Waals surface area contributed by atoms with Crippen LogP contribution in [0.15, 0.2) is 97.1 Å². The summed E-state index contributed by atoms with van der Waals surface area (Å²) in [5.74, 6) is -0.0865. The van der Waals surface area contributed by atoms with Gasteiger partial charge in [-0.25, -0.2) is 9.80 Å². The molecule has 8 heteroatoms. The molecule has 0 N–H and O–H groups in total. The van der Waals surface area contributed by atoms with Crippen LogP contribution in [0.4, 0.5) is 11.4 Å². The second kappa shape index (κ2) is 14.8. The molecule has 0 aromatic heterocycles. The summed E-state index contributed by atoms with van der Waals surface area (Å²) in [5.41, 5.74) is 7.51. The van der Waals surface area contributed by atoms with Crippen LogP contribution in [0.1, 0.15) is 148 Å². The lowest BCUT2D eigenvalue weighted by Gasteiger charge is -2.34. The van der Waals surface area contributed by atoms with Gasteiger partial charge in [0.2, 0.25) is 0 Å². The van der Waals surface area contributed by atoms with Gasteiger partial charge in [-0.05, 0) is 116 Å². The fourth-order valence-electron chi connectivity index (χ4n) is 10.3. The van der Waals surface area contributed by atoms with Crippen LogP contribution in [0.2, 0.25) is 0 Å². The Morgan fingerprint density at radius 1 is 0.406 bits per heavy atom. The second-order valence-corrected chi connectivity index (χ2v) is 18.6. The van der Waals surface area contributed by atoms with Crippen LogP contribution in [-0.2, 0) is 0 Å². The van der Waals surface area contributed by atoms with Gasteiger partial charge in [-0.15, -0.1) is 0 Å². The van der Waals surface area contributed by atoms with E-state index in [0.717, 1.165) is 49.4 Å². The summed E-state index contributed by atoms with van der Waals surface area (Å²) in [6.45, 7) is 18.6. The van der Waals surface area contributed by atoms with E-state index < -0.39 is 11.8 Å². The normalized spacial score (nSPS) is 14.1. The summed E-state index contributed by atoms with van der Waals surface area (Å²) in [5, 5.41) is 5.47.